The van der Waals surface area contributed by atoms with Crippen LogP contribution in [-0.2, 0) is 17.3 Å². The van der Waals surface area contributed by atoms with Gasteiger partial charge in [-0.15, -0.1) is 0 Å². The summed E-state index contributed by atoms with van der Waals surface area (Å²) < 4.78 is 67.5. The van der Waals surface area contributed by atoms with Crippen molar-refractivity contribution in [3.8, 4) is 11.3 Å². The highest BCUT2D eigenvalue weighted by Gasteiger charge is 2.31. The number of halogens is 4. The topological polar surface area (TPSA) is 34.0 Å². The Labute approximate surface area is 174 Å². The molecule has 1 aliphatic heterocycles. The van der Waals surface area contributed by atoms with Crippen LogP contribution in [0.4, 0.5) is 23.2 Å². The van der Waals surface area contributed by atoms with Crippen LogP contribution in [0.3, 0.4) is 0 Å². The number of anilines is 1. The first-order valence-electron chi connectivity index (χ1n) is 9.78. The molecule has 1 N–H and O–H groups in total. The van der Waals surface area contributed by atoms with E-state index in [4.69, 9.17) is 0 Å². The zero-order valence-electron chi connectivity index (χ0n) is 16.4. The summed E-state index contributed by atoms with van der Waals surface area (Å²) in [6.45, 7) is 0.530. The highest BCUT2D eigenvalue weighted by Crippen LogP contribution is 2.36. The second-order valence-corrected chi connectivity index (χ2v) is 9.42. The molecular weight excluding hydrogens is 416 g/mol. The van der Waals surface area contributed by atoms with Gasteiger partial charge in [0.15, 0.2) is 0 Å². The van der Waals surface area contributed by atoms with Crippen molar-refractivity contribution in [2.75, 3.05) is 16.8 Å². The van der Waals surface area contributed by atoms with E-state index in [2.05, 4.69) is 5.32 Å². The molecule has 8 heteroatoms. The Morgan fingerprint density at radius 2 is 1.87 bits per heavy atom. The lowest BCUT2D eigenvalue weighted by molar-refractivity contribution is -0.139. The zero-order valence-corrected chi connectivity index (χ0v) is 17.2. The van der Waals surface area contributed by atoms with Crippen molar-refractivity contribution in [3.05, 3.63) is 53.8 Å². The Bertz CT molecular complexity index is 1100. The van der Waals surface area contributed by atoms with E-state index in [9.17, 15) is 21.8 Å². The van der Waals surface area contributed by atoms with E-state index in [1.165, 1.54) is 12.1 Å². The molecule has 30 heavy (non-hydrogen) atoms. The molecule has 160 valence electrons. The summed E-state index contributed by atoms with van der Waals surface area (Å²) in [5, 5.41) is 4.01. The average Bonchev–Trinajstić information content (AvgIpc) is 3.01. The first-order valence-corrected chi connectivity index (χ1v) is 11.3. The van der Waals surface area contributed by atoms with Crippen LogP contribution in [0.5, 0.6) is 0 Å². The van der Waals surface area contributed by atoms with E-state index >= 15 is 0 Å². The summed E-state index contributed by atoms with van der Waals surface area (Å²) in [7, 11) is -0.797. The molecule has 1 saturated heterocycles. The summed E-state index contributed by atoms with van der Waals surface area (Å²) in [4.78, 5) is 0. The van der Waals surface area contributed by atoms with Gasteiger partial charge in [0, 0.05) is 45.0 Å². The largest absolute Gasteiger partial charge is 0.406 e. The minimum Gasteiger partial charge on any atom is -0.382 e. The molecule has 2 aromatic carbocycles. The number of aromatic nitrogens is 1. The fraction of sp³-hybridized carbons (Fsp3) is 0.364. The molecule has 3 aromatic rings. The maximum atomic E-state index is 14.6. The minimum atomic E-state index is -4.45. The molecule has 0 radical (unpaired) electrons. The molecule has 1 aromatic heterocycles. The molecule has 2 heterocycles. The van der Waals surface area contributed by atoms with Gasteiger partial charge in [0.05, 0.1) is 11.2 Å². The monoisotopic (exact) mass is 438 g/mol. The molecule has 0 unspecified atom stereocenters. The van der Waals surface area contributed by atoms with Crippen LogP contribution in [0, 0.1) is 12.7 Å². The Balaban J connectivity index is 1.82. The summed E-state index contributed by atoms with van der Waals surface area (Å²) in [5.74, 6) is 0.677. The Morgan fingerprint density at radius 3 is 2.53 bits per heavy atom. The predicted octanol–water partition coefficient (Wildman–Crippen LogP) is 5.64. The van der Waals surface area contributed by atoms with Gasteiger partial charge in [-0.1, -0.05) is 12.1 Å². The number of rotatable bonds is 4. The third-order valence-electron chi connectivity index (χ3n) is 5.43. The molecule has 0 amide bonds. The number of hydrogen-bond donors (Lipinski definition) is 1. The molecule has 0 bridgehead atoms. The molecule has 0 spiro atoms. The quantitative estimate of drug-likeness (QED) is 0.535. The van der Waals surface area contributed by atoms with Crippen LogP contribution < -0.4 is 5.32 Å². The van der Waals surface area contributed by atoms with Gasteiger partial charge in [0.2, 0.25) is 0 Å². The first-order chi connectivity index (χ1) is 14.2. The summed E-state index contributed by atoms with van der Waals surface area (Å²) in [5.41, 5.74) is 2.14. The highest BCUT2D eigenvalue weighted by molar-refractivity contribution is 7.85. The summed E-state index contributed by atoms with van der Waals surface area (Å²) in [6.07, 6.45) is -2.96. The molecule has 0 saturated carbocycles. The fourth-order valence-corrected chi connectivity index (χ4v) is 5.27. The van der Waals surface area contributed by atoms with Crippen molar-refractivity contribution < 1.29 is 21.8 Å². The van der Waals surface area contributed by atoms with Crippen molar-refractivity contribution in [1.29, 1.82) is 0 Å². The van der Waals surface area contributed by atoms with Gasteiger partial charge in [-0.3, -0.25) is 4.21 Å². The SMILES string of the molecule is Cc1ccc(-c2cc3c(NC4CCS(=O)CC4)cccc3n2CC(F)(F)F)c(F)c1. The van der Waals surface area contributed by atoms with Gasteiger partial charge in [-0.2, -0.15) is 13.2 Å². The van der Waals surface area contributed by atoms with Crippen molar-refractivity contribution in [1.82, 2.24) is 4.57 Å². The second-order valence-electron chi connectivity index (χ2n) is 7.72. The van der Waals surface area contributed by atoms with E-state index < -0.39 is 29.3 Å². The van der Waals surface area contributed by atoms with E-state index in [1.54, 1.807) is 31.2 Å². The third kappa shape index (κ3) is 4.38. The maximum Gasteiger partial charge on any atom is 0.406 e. The standard InChI is InChI=1S/C22H22F4N2OS/c1-14-5-6-16(18(23)11-14)21-12-17-19(27-15-7-9-30(29)10-8-15)3-2-4-20(17)28(21)13-22(24,25)26/h2-6,11-12,15,27H,7-10,13H2,1H3. The van der Waals surface area contributed by atoms with E-state index in [1.807, 2.05) is 6.07 Å². The van der Waals surface area contributed by atoms with Gasteiger partial charge in [-0.25, -0.2) is 4.39 Å². The van der Waals surface area contributed by atoms with Gasteiger partial charge in [-0.05, 0) is 55.7 Å². The van der Waals surface area contributed by atoms with Crippen molar-refractivity contribution in [2.24, 2.45) is 0 Å². The average molecular weight is 438 g/mol. The fourth-order valence-electron chi connectivity index (χ4n) is 3.97. The molecular formula is C22H22F4N2OS. The summed E-state index contributed by atoms with van der Waals surface area (Å²) in [6, 6.07) is 11.4. The van der Waals surface area contributed by atoms with Crippen LogP contribution in [0.15, 0.2) is 42.5 Å². The summed E-state index contributed by atoms with van der Waals surface area (Å²) >= 11 is 0. The van der Waals surface area contributed by atoms with Crippen LogP contribution in [0.1, 0.15) is 18.4 Å². The van der Waals surface area contributed by atoms with E-state index in [0.29, 0.717) is 33.7 Å². The molecule has 1 aliphatic rings. The number of alkyl halides is 3. The van der Waals surface area contributed by atoms with Crippen LogP contribution >= 0.6 is 0 Å². The number of nitrogens with zero attached hydrogens (tertiary/aromatic N) is 1. The number of hydrogen-bond acceptors (Lipinski definition) is 2. The first kappa shape index (κ1) is 20.9. The van der Waals surface area contributed by atoms with Gasteiger partial charge < -0.3 is 9.88 Å². The van der Waals surface area contributed by atoms with Crippen LogP contribution in [0.2, 0.25) is 0 Å². The number of fused-ring (bicyclic) bond motifs is 1. The predicted molar refractivity (Wildman–Crippen MR) is 113 cm³/mol. The normalized spacial score (nSPS) is 19.9. The molecule has 0 aliphatic carbocycles. The lowest BCUT2D eigenvalue weighted by Gasteiger charge is -2.24. The lowest BCUT2D eigenvalue weighted by Crippen LogP contribution is -2.29. The van der Waals surface area contributed by atoms with Gasteiger partial charge >= 0.3 is 6.18 Å². The molecule has 0 atom stereocenters. The number of nitrogens with one attached hydrogen (secondary N) is 1. The highest BCUT2D eigenvalue weighted by atomic mass is 32.2. The zero-order chi connectivity index (χ0) is 21.5. The van der Waals surface area contributed by atoms with Crippen LogP contribution in [-0.4, -0.2) is 32.5 Å². The molecule has 1 fully saturated rings. The Morgan fingerprint density at radius 1 is 1.13 bits per heavy atom. The van der Waals surface area contributed by atoms with Crippen LogP contribution in [0.25, 0.3) is 22.2 Å². The van der Waals surface area contributed by atoms with E-state index in [0.717, 1.165) is 17.4 Å². The molecule has 3 nitrogen and oxygen atoms in total. The minimum absolute atomic E-state index is 0.110. The van der Waals surface area contributed by atoms with Gasteiger partial charge in [0.25, 0.3) is 0 Å². The lowest BCUT2D eigenvalue weighted by atomic mass is 10.1. The smallest absolute Gasteiger partial charge is 0.382 e. The Kier molecular flexibility index (Phi) is 5.61. The van der Waals surface area contributed by atoms with Gasteiger partial charge in [0.1, 0.15) is 12.4 Å². The number of aryl methyl sites for hydroxylation is 1. The Hall–Kier alpha value is -2.35. The molecule has 4 rings (SSSR count). The second kappa shape index (κ2) is 8.06. The van der Waals surface area contributed by atoms with Crippen molar-refractivity contribution >= 4 is 27.4 Å². The van der Waals surface area contributed by atoms with Crippen molar-refractivity contribution in [3.63, 3.8) is 0 Å². The van der Waals surface area contributed by atoms with Crippen molar-refractivity contribution in [2.45, 2.75) is 38.5 Å². The number of benzene rings is 2. The maximum absolute atomic E-state index is 14.6. The third-order valence-corrected chi connectivity index (χ3v) is 6.81. The van der Waals surface area contributed by atoms with E-state index in [-0.39, 0.29) is 17.3 Å².